The Hall–Kier alpha value is -6.97. The maximum Gasteiger partial charge on any atom is 0.221 e. The van der Waals surface area contributed by atoms with Gasteiger partial charge in [0.25, 0.3) is 0 Å². The topological polar surface area (TPSA) is 24.8 Å². The van der Waals surface area contributed by atoms with Crippen molar-refractivity contribution in [1.82, 2.24) is 0 Å². The monoisotopic (exact) mass is 720 g/mol. The van der Waals surface area contributed by atoms with E-state index in [1.165, 1.54) is 55.0 Å². The molecule has 0 fully saturated rings. The van der Waals surface area contributed by atoms with Crippen LogP contribution in [-0.4, -0.2) is 12.0 Å². The molecule has 10 rings (SSSR count). The summed E-state index contributed by atoms with van der Waals surface area (Å²) >= 11 is 0. The molecule has 3 nitrogen and oxygen atoms in total. The van der Waals surface area contributed by atoms with Gasteiger partial charge in [-0.1, -0.05) is 152 Å². The van der Waals surface area contributed by atoms with Gasteiger partial charge in [-0.25, -0.2) is 4.99 Å². The van der Waals surface area contributed by atoms with Crippen molar-refractivity contribution >= 4 is 39.8 Å². The summed E-state index contributed by atoms with van der Waals surface area (Å²) in [5, 5.41) is 2.46. The maximum atomic E-state index is 6.51. The Kier molecular flexibility index (Phi) is 8.81. The van der Waals surface area contributed by atoms with Crippen molar-refractivity contribution in [1.29, 1.82) is 0 Å². The third-order valence-corrected chi connectivity index (χ3v) is 11.2. The van der Waals surface area contributed by atoms with E-state index in [0.29, 0.717) is 0 Å². The average molecular weight is 721 g/mol. The first-order valence-corrected chi connectivity index (χ1v) is 19.5. The minimum Gasteiger partial charge on any atom is -0.467 e. The number of aliphatic imine (C=N–C) groups is 1. The highest BCUT2D eigenvalue weighted by Crippen LogP contribution is 2.40. The smallest absolute Gasteiger partial charge is 0.221 e. The van der Waals surface area contributed by atoms with Crippen LogP contribution in [0.25, 0.3) is 39.1 Å². The van der Waals surface area contributed by atoms with Crippen molar-refractivity contribution in [2.45, 2.75) is 25.4 Å². The Morgan fingerprint density at radius 1 is 0.429 bits per heavy atom. The highest BCUT2D eigenvalue weighted by atomic mass is 16.5. The fraction of sp³-hybridized carbons (Fsp3) is 0.0755. The molecular formula is C53H40N2O. The first-order valence-electron chi connectivity index (χ1n) is 19.5. The number of allylic oxidation sites excluding steroid dienone is 4. The quantitative estimate of drug-likeness (QED) is 0.156. The standard InChI is InChI=1S/C53H40N2O/c1-4-13-37(14-5-1)40-27-31-45(32-28-40)55(47-20-12-19-44(35-47)38-15-6-2-7-16-38)46-33-29-41(30-34-46)39-23-25-42(26-24-39)50-36-51-52(49-22-11-10-21-48(49)50)54-53(56-51)43-17-8-3-9-18-43/h1-23,25,27-35,51H,24,26,36H2. The largest absolute Gasteiger partial charge is 0.467 e. The second-order valence-corrected chi connectivity index (χ2v) is 14.6. The number of rotatable bonds is 8. The molecule has 268 valence electrons. The summed E-state index contributed by atoms with van der Waals surface area (Å²) in [4.78, 5) is 7.37. The van der Waals surface area contributed by atoms with E-state index in [2.05, 4.69) is 187 Å². The van der Waals surface area contributed by atoms with Gasteiger partial charge < -0.3 is 9.64 Å². The minimum atomic E-state index is -0.0696. The van der Waals surface area contributed by atoms with E-state index in [0.717, 1.165) is 53.5 Å². The highest BCUT2D eigenvalue weighted by molar-refractivity contribution is 6.00. The summed E-state index contributed by atoms with van der Waals surface area (Å²) in [6.07, 6.45) is 7.39. The van der Waals surface area contributed by atoms with E-state index in [9.17, 15) is 0 Å². The van der Waals surface area contributed by atoms with Crippen LogP contribution in [0.15, 0.2) is 211 Å². The van der Waals surface area contributed by atoms with E-state index >= 15 is 0 Å². The van der Waals surface area contributed by atoms with Crippen LogP contribution >= 0.6 is 0 Å². The lowest BCUT2D eigenvalue weighted by Crippen LogP contribution is -2.37. The molecule has 7 aromatic rings. The van der Waals surface area contributed by atoms with Crippen molar-refractivity contribution in [3.63, 3.8) is 0 Å². The van der Waals surface area contributed by atoms with Gasteiger partial charge >= 0.3 is 0 Å². The summed E-state index contributed by atoms with van der Waals surface area (Å²) < 4.78 is 6.51. The van der Waals surface area contributed by atoms with Gasteiger partial charge in [-0.3, -0.25) is 0 Å². The van der Waals surface area contributed by atoms with E-state index in [4.69, 9.17) is 9.73 Å². The van der Waals surface area contributed by atoms with E-state index < -0.39 is 0 Å². The van der Waals surface area contributed by atoms with Gasteiger partial charge in [-0.15, -0.1) is 0 Å². The Bertz CT molecular complexity index is 2760. The van der Waals surface area contributed by atoms with Gasteiger partial charge in [0.2, 0.25) is 5.90 Å². The lowest BCUT2D eigenvalue weighted by atomic mass is 9.84. The van der Waals surface area contributed by atoms with Gasteiger partial charge in [0.15, 0.2) is 0 Å². The molecule has 0 spiro atoms. The van der Waals surface area contributed by atoms with Crippen LogP contribution in [0.1, 0.15) is 30.4 Å². The normalized spacial score (nSPS) is 15.9. The molecule has 1 unspecified atom stereocenters. The molecule has 56 heavy (non-hydrogen) atoms. The molecule has 0 radical (unpaired) electrons. The van der Waals surface area contributed by atoms with Crippen molar-refractivity contribution in [2.24, 2.45) is 4.99 Å². The molecule has 0 saturated heterocycles. The molecule has 0 aromatic heterocycles. The SMILES string of the molecule is C1=C(C2=c3ccccc3=C3N=C(c4ccccc4)OC3C2)CCC(c2ccc(N(c3ccc(-c4ccccc4)cc3)c3cccc(-c4ccccc4)c3)cc2)=C1. The fourth-order valence-electron chi connectivity index (χ4n) is 8.34. The molecule has 1 aliphatic heterocycles. The van der Waals surface area contributed by atoms with Crippen molar-refractivity contribution in [3.8, 4) is 22.3 Å². The molecule has 7 aromatic carbocycles. The lowest BCUT2D eigenvalue weighted by molar-refractivity contribution is 0.265. The van der Waals surface area contributed by atoms with Gasteiger partial charge in [0.05, 0.1) is 5.70 Å². The molecule has 0 amide bonds. The Morgan fingerprint density at radius 2 is 0.946 bits per heavy atom. The molecule has 0 bridgehead atoms. The fourth-order valence-corrected chi connectivity index (χ4v) is 8.34. The van der Waals surface area contributed by atoms with Crippen LogP contribution in [-0.2, 0) is 4.74 Å². The summed E-state index contributed by atoms with van der Waals surface area (Å²) in [6.45, 7) is 0. The molecule has 3 aliphatic rings. The van der Waals surface area contributed by atoms with Crippen LogP contribution in [0.5, 0.6) is 0 Å². The summed E-state index contributed by atoms with van der Waals surface area (Å²) in [5.74, 6) is 0.719. The summed E-state index contributed by atoms with van der Waals surface area (Å²) in [5.41, 5.74) is 15.6. The molecule has 3 heteroatoms. The number of hydrogen-bond acceptors (Lipinski definition) is 3. The second kappa shape index (κ2) is 14.7. The first-order chi connectivity index (χ1) is 27.7. The zero-order chi connectivity index (χ0) is 37.3. The Balaban J connectivity index is 0.969. The summed E-state index contributed by atoms with van der Waals surface area (Å²) in [7, 11) is 0. The van der Waals surface area contributed by atoms with Crippen molar-refractivity contribution in [3.05, 3.63) is 227 Å². The third-order valence-electron chi connectivity index (χ3n) is 11.2. The van der Waals surface area contributed by atoms with E-state index in [1.807, 2.05) is 18.2 Å². The third kappa shape index (κ3) is 6.48. The van der Waals surface area contributed by atoms with E-state index in [1.54, 1.807) is 0 Å². The Labute approximate surface area is 328 Å². The number of anilines is 3. The van der Waals surface area contributed by atoms with Gasteiger partial charge in [0.1, 0.15) is 6.10 Å². The number of fused-ring (bicyclic) bond motifs is 2. The zero-order valence-corrected chi connectivity index (χ0v) is 31.1. The van der Waals surface area contributed by atoms with Gasteiger partial charge in [0, 0.05) is 34.3 Å². The minimum absolute atomic E-state index is 0.0696. The maximum absolute atomic E-state index is 6.51. The summed E-state index contributed by atoms with van der Waals surface area (Å²) in [6, 6.07) is 66.9. The van der Waals surface area contributed by atoms with Crippen molar-refractivity contribution in [2.75, 3.05) is 4.90 Å². The number of benzene rings is 7. The molecule has 2 aliphatic carbocycles. The zero-order valence-electron chi connectivity index (χ0n) is 31.1. The van der Waals surface area contributed by atoms with Crippen LogP contribution in [0.4, 0.5) is 17.1 Å². The van der Waals surface area contributed by atoms with Crippen LogP contribution in [0.2, 0.25) is 0 Å². The number of nitrogens with zero attached hydrogens (tertiary/aromatic N) is 2. The first kappa shape index (κ1) is 33.6. The lowest BCUT2D eigenvalue weighted by Gasteiger charge is -2.27. The highest BCUT2D eigenvalue weighted by Gasteiger charge is 2.32. The second-order valence-electron chi connectivity index (χ2n) is 14.6. The van der Waals surface area contributed by atoms with Crippen LogP contribution in [0, 0.1) is 0 Å². The van der Waals surface area contributed by atoms with Gasteiger partial charge in [-0.05, 0) is 111 Å². The molecule has 1 heterocycles. The predicted octanol–water partition coefficient (Wildman–Crippen LogP) is 11.8. The average Bonchev–Trinajstić information content (AvgIpc) is 3.73. The van der Waals surface area contributed by atoms with Gasteiger partial charge in [-0.2, -0.15) is 0 Å². The number of ether oxygens (including phenoxy) is 1. The molecule has 1 atom stereocenters. The van der Waals surface area contributed by atoms with Crippen LogP contribution in [0.3, 0.4) is 0 Å². The van der Waals surface area contributed by atoms with Crippen LogP contribution < -0.4 is 15.3 Å². The van der Waals surface area contributed by atoms with E-state index in [-0.39, 0.29) is 6.10 Å². The molecule has 0 saturated carbocycles. The Morgan fingerprint density at radius 3 is 1.59 bits per heavy atom. The molecular weight excluding hydrogens is 681 g/mol. The predicted molar refractivity (Wildman–Crippen MR) is 232 cm³/mol. The number of hydrogen-bond donors (Lipinski definition) is 0. The van der Waals surface area contributed by atoms with Crippen molar-refractivity contribution < 1.29 is 4.74 Å². The molecule has 0 N–H and O–H groups in total.